The molecule has 0 unspecified atom stereocenters. The molecule has 30 heavy (non-hydrogen) atoms. The lowest BCUT2D eigenvalue weighted by Gasteiger charge is -2.18. The van der Waals surface area contributed by atoms with E-state index in [1.54, 1.807) is 27.0 Å². The number of methoxy groups -OCH3 is 1. The van der Waals surface area contributed by atoms with Gasteiger partial charge in [0.05, 0.1) is 30.2 Å². The molecule has 0 saturated heterocycles. The Morgan fingerprint density at radius 1 is 1.27 bits per heavy atom. The van der Waals surface area contributed by atoms with Crippen LogP contribution in [0.4, 0.5) is 5.82 Å². The summed E-state index contributed by atoms with van der Waals surface area (Å²) in [4.78, 5) is 33.0. The summed E-state index contributed by atoms with van der Waals surface area (Å²) < 4.78 is 6.06. The molecule has 3 aromatic rings. The summed E-state index contributed by atoms with van der Waals surface area (Å²) in [6, 6.07) is 9.23. The van der Waals surface area contributed by atoms with Crippen LogP contribution in [0.3, 0.4) is 0 Å². The van der Waals surface area contributed by atoms with Gasteiger partial charge in [-0.05, 0) is 31.9 Å². The Kier molecular flexibility index (Phi) is 6.17. The molecule has 0 radical (unpaired) electrons. The van der Waals surface area contributed by atoms with E-state index in [0.29, 0.717) is 35.4 Å². The van der Waals surface area contributed by atoms with Gasteiger partial charge < -0.3 is 19.7 Å². The maximum absolute atomic E-state index is 12.7. The fourth-order valence-electron chi connectivity index (χ4n) is 3.09. The van der Waals surface area contributed by atoms with Gasteiger partial charge in [-0.1, -0.05) is 24.3 Å². The predicted octanol–water partition coefficient (Wildman–Crippen LogP) is 2.59. The second-order valence-corrected chi connectivity index (χ2v) is 7.65. The van der Waals surface area contributed by atoms with Gasteiger partial charge in [-0.15, -0.1) is 0 Å². The smallest absolute Gasteiger partial charge is 0.305 e. The van der Waals surface area contributed by atoms with Gasteiger partial charge >= 0.3 is 5.97 Å². The molecule has 0 spiro atoms. The zero-order chi connectivity index (χ0) is 21.9. The molecule has 1 aromatic carbocycles. The standard InChI is InChI=1S/C22H26N4O4/c1-22(2,29)15-9-7-14(8-10-15)16-12-17-19(21(28)26(3)13-24-17)20(25-16)23-11-5-6-18(27)30-4/h7-10,12-13,29H,5-6,11H2,1-4H3,(H,23,25). The Balaban J connectivity index is 1.99. The van der Waals surface area contributed by atoms with Gasteiger partial charge in [0, 0.05) is 25.6 Å². The number of benzene rings is 1. The Labute approximate surface area is 174 Å². The number of nitrogens with one attached hydrogen (secondary N) is 1. The molecule has 0 amide bonds. The summed E-state index contributed by atoms with van der Waals surface area (Å²) in [5.74, 6) is 0.139. The summed E-state index contributed by atoms with van der Waals surface area (Å²) in [7, 11) is 2.99. The summed E-state index contributed by atoms with van der Waals surface area (Å²) in [5.41, 5.74) is 1.68. The highest BCUT2D eigenvalue weighted by Gasteiger charge is 2.17. The van der Waals surface area contributed by atoms with Gasteiger partial charge in [-0.2, -0.15) is 0 Å². The lowest BCUT2D eigenvalue weighted by atomic mass is 9.96. The van der Waals surface area contributed by atoms with Gasteiger partial charge in [0.15, 0.2) is 0 Å². The van der Waals surface area contributed by atoms with Crippen LogP contribution >= 0.6 is 0 Å². The number of carbonyl (C=O) groups excluding carboxylic acids is 1. The number of esters is 1. The van der Waals surface area contributed by atoms with Gasteiger partial charge in [0.25, 0.3) is 5.56 Å². The number of aryl methyl sites for hydroxylation is 1. The minimum absolute atomic E-state index is 0.202. The van der Waals surface area contributed by atoms with Crippen LogP contribution in [0.1, 0.15) is 32.3 Å². The van der Waals surface area contributed by atoms with E-state index >= 15 is 0 Å². The molecule has 2 heterocycles. The third-order valence-corrected chi connectivity index (χ3v) is 4.87. The minimum Gasteiger partial charge on any atom is -0.469 e. The number of ether oxygens (including phenoxy) is 1. The van der Waals surface area contributed by atoms with E-state index < -0.39 is 5.60 Å². The molecule has 8 nitrogen and oxygen atoms in total. The molecule has 3 rings (SSSR count). The molecule has 0 aliphatic rings. The summed E-state index contributed by atoms with van der Waals surface area (Å²) in [6.07, 6.45) is 2.30. The molecule has 0 bridgehead atoms. The van der Waals surface area contributed by atoms with Crippen LogP contribution < -0.4 is 10.9 Å². The molecule has 2 aromatic heterocycles. The van der Waals surface area contributed by atoms with Crippen molar-refractivity contribution >= 4 is 22.7 Å². The SMILES string of the molecule is COC(=O)CCCNc1nc(-c2ccc(C(C)(C)O)cc2)cc2ncn(C)c(=O)c12. The van der Waals surface area contributed by atoms with Crippen LogP contribution in [0, 0.1) is 0 Å². The number of nitrogens with zero attached hydrogens (tertiary/aromatic N) is 3. The summed E-state index contributed by atoms with van der Waals surface area (Å²) >= 11 is 0. The van der Waals surface area contributed by atoms with Crippen molar-refractivity contribution in [1.29, 1.82) is 0 Å². The van der Waals surface area contributed by atoms with Gasteiger partial charge in [-0.3, -0.25) is 9.59 Å². The second kappa shape index (κ2) is 8.62. The van der Waals surface area contributed by atoms with E-state index in [4.69, 9.17) is 0 Å². The number of carbonyl (C=O) groups is 1. The van der Waals surface area contributed by atoms with E-state index in [1.165, 1.54) is 18.0 Å². The molecule has 0 fully saturated rings. The van der Waals surface area contributed by atoms with Crippen LogP contribution in [0.15, 0.2) is 41.5 Å². The van der Waals surface area contributed by atoms with E-state index in [9.17, 15) is 14.7 Å². The topological polar surface area (TPSA) is 106 Å². The van der Waals surface area contributed by atoms with Crippen LogP contribution in [-0.2, 0) is 22.2 Å². The zero-order valence-corrected chi connectivity index (χ0v) is 17.6. The highest BCUT2D eigenvalue weighted by molar-refractivity contribution is 5.91. The third kappa shape index (κ3) is 4.65. The molecule has 0 aliphatic heterocycles. The zero-order valence-electron chi connectivity index (χ0n) is 17.6. The number of hydrogen-bond acceptors (Lipinski definition) is 7. The van der Waals surface area contributed by atoms with Crippen molar-refractivity contribution in [1.82, 2.24) is 14.5 Å². The third-order valence-electron chi connectivity index (χ3n) is 4.87. The van der Waals surface area contributed by atoms with Crippen LogP contribution in [0.2, 0.25) is 0 Å². The number of aromatic nitrogens is 3. The summed E-state index contributed by atoms with van der Waals surface area (Å²) in [6.45, 7) is 3.91. The van der Waals surface area contributed by atoms with E-state index in [2.05, 4.69) is 20.0 Å². The maximum atomic E-state index is 12.7. The number of hydrogen-bond donors (Lipinski definition) is 2. The van der Waals surface area contributed by atoms with Gasteiger partial charge in [0.2, 0.25) is 0 Å². The van der Waals surface area contributed by atoms with Crippen molar-refractivity contribution in [3.8, 4) is 11.3 Å². The molecule has 158 valence electrons. The molecular formula is C22H26N4O4. The Bertz CT molecular complexity index is 1110. The van der Waals surface area contributed by atoms with Crippen LogP contribution in [-0.4, -0.2) is 39.3 Å². The number of aliphatic hydroxyl groups is 1. The maximum Gasteiger partial charge on any atom is 0.305 e. The van der Waals surface area contributed by atoms with Crippen molar-refractivity contribution in [3.63, 3.8) is 0 Å². The summed E-state index contributed by atoms with van der Waals surface area (Å²) in [5, 5.41) is 13.7. The van der Waals surface area contributed by atoms with Crippen molar-refractivity contribution < 1.29 is 14.6 Å². The van der Waals surface area contributed by atoms with Crippen molar-refractivity contribution in [2.75, 3.05) is 19.0 Å². The average molecular weight is 410 g/mol. The number of anilines is 1. The van der Waals surface area contributed by atoms with Crippen molar-refractivity contribution in [2.24, 2.45) is 7.05 Å². The first kappa shape index (κ1) is 21.4. The van der Waals surface area contributed by atoms with E-state index in [1.807, 2.05) is 24.3 Å². The Morgan fingerprint density at radius 2 is 1.97 bits per heavy atom. The lowest BCUT2D eigenvalue weighted by Crippen LogP contribution is -2.19. The molecule has 0 saturated carbocycles. The first-order chi connectivity index (χ1) is 14.2. The highest BCUT2D eigenvalue weighted by atomic mass is 16.5. The fraction of sp³-hybridized carbons (Fsp3) is 0.364. The molecule has 0 atom stereocenters. The molecular weight excluding hydrogens is 384 g/mol. The van der Waals surface area contributed by atoms with Gasteiger partial charge in [0.1, 0.15) is 11.2 Å². The molecule has 8 heteroatoms. The molecule has 2 N–H and O–H groups in total. The molecule has 0 aliphatic carbocycles. The van der Waals surface area contributed by atoms with Crippen molar-refractivity contribution in [2.45, 2.75) is 32.3 Å². The number of fused-ring (bicyclic) bond motifs is 1. The largest absolute Gasteiger partial charge is 0.469 e. The highest BCUT2D eigenvalue weighted by Crippen LogP contribution is 2.27. The van der Waals surface area contributed by atoms with E-state index in [0.717, 1.165) is 11.1 Å². The number of rotatable bonds is 7. The van der Waals surface area contributed by atoms with Gasteiger partial charge in [-0.25, -0.2) is 9.97 Å². The second-order valence-electron chi connectivity index (χ2n) is 7.65. The normalized spacial score (nSPS) is 11.5. The van der Waals surface area contributed by atoms with E-state index in [-0.39, 0.29) is 17.9 Å². The van der Waals surface area contributed by atoms with Crippen molar-refractivity contribution in [3.05, 3.63) is 52.6 Å². The predicted molar refractivity (Wildman–Crippen MR) is 115 cm³/mol. The fourth-order valence-corrected chi connectivity index (χ4v) is 3.09. The van der Waals surface area contributed by atoms with Crippen LogP contribution in [0.5, 0.6) is 0 Å². The first-order valence-electron chi connectivity index (χ1n) is 9.71. The lowest BCUT2D eigenvalue weighted by molar-refractivity contribution is -0.140. The monoisotopic (exact) mass is 410 g/mol. The Morgan fingerprint density at radius 3 is 2.60 bits per heavy atom. The average Bonchev–Trinajstić information content (AvgIpc) is 2.72. The Hall–Kier alpha value is -3.26. The van der Waals surface area contributed by atoms with Crippen LogP contribution in [0.25, 0.3) is 22.2 Å². The minimum atomic E-state index is -0.935. The quantitative estimate of drug-likeness (QED) is 0.455. The first-order valence-corrected chi connectivity index (χ1v) is 9.71. The number of pyridine rings is 1.